The van der Waals surface area contributed by atoms with Gasteiger partial charge in [0.15, 0.2) is 0 Å². The molecule has 1 aliphatic carbocycles. The van der Waals surface area contributed by atoms with Crippen molar-refractivity contribution in [3.8, 4) is 6.07 Å². The first-order chi connectivity index (χ1) is 15.5. The van der Waals surface area contributed by atoms with E-state index in [1.165, 1.54) is 16.7 Å². The zero-order valence-corrected chi connectivity index (χ0v) is 18.3. The number of carbonyl (C=O) groups excluding carboxylic acids is 2. The predicted octanol–water partition coefficient (Wildman–Crippen LogP) is 2.77. The zero-order valence-electron chi connectivity index (χ0n) is 17.5. The SMILES string of the molecule is Cc1cc(C2(c3ccc4nccc(C(=O)NCC(=O)N5CSCC5C#N)c4c3)CC2)on1. The minimum atomic E-state index is -0.442. The largest absolute Gasteiger partial charge is 0.360 e. The molecule has 9 heteroatoms. The number of benzene rings is 1. The molecule has 0 bridgehead atoms. The van der Waals surface area contributed by atoms with Crippen LogP contribution in [0.1, 0.15) is 40.2 Å². The van der Waals surface area contributed by atoms with E-state index in [1.807, 2.05) is 31.2 Å². The zero-order chi connectivity index (χ0) is 22.3. The van der Waals surface area contributed by atoms with Crippen LogP contribution in [-0.2, 0) is 10.2 Å². The van der Waals surface area contributed by atoms with Crippen LogP contribution in [0, 0.1) is 18.3 Å². The Morgan fingerprint density at radius 2 is 2.19 bits per heavy atom. The van der Waals surface area contributed by atoms with Gasteiger partial charge in [0, 0.05) is 23.4 Å². The summed E-state index contributed by atoms with van der Waals surface area (Å²) in [6, 6.07) is 11.2. The van der Waals surface area contributed by atoms with Gasteiger partial charge in [0.1, 0.15) is 11.8 Å². The monoisotopic (exact) mass is 447 g/mol. The summed E-state index contributed by atoms with van der Waals surface area (Å²) in [5.41, 5.74) is 2.85. The molecule has 1 aromatic carbocycles. The lowest BCUT2D eigenvalue weighted by Crippen LogP contribution is -2.42. The first-order valence-electron chi connectivity index (χ1n) is 10.4. The summed E-state index contributed by atoms with van der Waals surface area (Å²) in [5.74, 6) is 1.30. The van der Waals surface area contributed by atoms with Crippen LogP contribution >= 0.6 is 11.8 Å². The lowest BCUT2D eigenvalue weighted by atomic mass is 9.91. The third-order valence-corrected chi connectivity index (χ3v) is 7.15. The Kier molecular flexibility index (Phi) is 5.10. The fraction of sp³-hybridized carbons (Fsp3) is 0.348. The minimum Gasteiger partial charge on any atom is -0.360 e. The lowest BCUT2D eigenvalue weighted by Gasteiger charge is -2.19. The standard InChI is InChI=1S/C23H21N5O3S/c1-14-8-20(31-27-14)23(5-6-23)15-2-3-19-18(9-15)17(4-7-25-19)22(30)26-11-21(29)28-13-32-12-16(28)10-24/h2-4,7-9,16H,5-6,11-13H2,1H3,(H,26,30). The number of aromatic nitrogens is 2. The third kappa shape index (κ3) is 3.50. The molecule has 0 radical (unpaired) electrons. The van der Waals surface area contributed by atoms with Crippen LogP contribution in [0.2, 0.25) is 0 Å². The molecule has 3 heterocycles. The van der Waals surface area contributed by atoms with Gasteiger partial charge < -0.3 is 14.7 Å². The van der Waals surface area contributed by atoms with Gasteiger partial charge in [-0.15, -0.1) is 11.8 Å². The number of amides is 2. The molecular formula is C23H21N5O3S. The highest BCUT2D eigenvalue weighted by Crippen LogP contribution is 2.54. The Balaban J connectivity index is 1.39. The van der Waals surface area contributed by atoms with Crippen LogP contribution in [0.5, 0.6) is 0 Å². The van der Waals surface area contributed by atoms with E-state index in [0.29, 0.717) is 22.7 Å². The quantitative estimate of drug-likeness (QED) is 0.640. The van der Waals surface area contributed by atoms with Gasteiger partial charge in [-0.2, -0.15) is 5.26 Å². The molecule has 0 spiro atoms. The Labute approximate surface area is 189 Å². The van der Waals surface area contributed by atoms with Crippen LogP contribution < -0.4 is 5.32 Å². The number of aryl methyl sites for hydroxylation is 1. The van der Waals surface area contributed by atoms with Gasteiger partial charge in [0.25, 0.3) is 5.91 Å². The van der Waals surface area contributed by atoms with Crippen molar-refractivity contribution in [2.45, 2.75) is 31.2 Å². The van der Waals surface area contributed by atoms with E-state index in [1.54, 1.807) is 12.3 Å². The molecule has 1 N–H and O–H groups in total. The molecule has 2 aromatic heterocycles. The second-order valence-electron chi connectivity index (χ2n) is 8.20. The van der Waals surface area contributed by atoms with Gasteiger partial charge in [-0.1, -0.05) is 11.2 Å². The number of rotatable bonds is 5. The van der Waals surface area contributed by atoms with Gasteiger partial charge >= 0.3 is 0 Å². The minimum absolute atomic E-state index is 0.150. The number of pyridine rings is 1. The van der Waals surface area contributed by atoms with E-state index in [2.05, 4.69) is 21.5 Å². The topological polar surface area (TPSA) is 112 Å². The second-order valence-corrected chi connectivity index (χ2v) is 9.20. The highest BCUT2D eigenvalue weighted by atomic mass is 32.2. The number of hydrogen-bond donors (Lipinski definition) is 1. The van der Waals surface area contributed by atoms with Crippen LogP contribution in [0.4, 0.5) is 0 Å². The highest BCUT2D eigenvalue weighted by molar-refractivity contribution is 7.99. The molecule has 1 saturated carbocycles. The van der Waals surface area contributed by atoms with Crippen molar-refractivity contribution < 1.29 is 14.1 Å². The van der Waals surface area contributed by atoms with E-state index in [-0.39, 0.29) is 23.8 Å². The summed E-state index contributed by atoms with van der Waals surface area (Å²) in [6.07, 6.45) is 3.50. The Morgan fingerprint density at radius 3 is 2.91 bits per heavy atom. The van der Waals surface area contributed by atoms with Crippen LogP contribution in [0.25, 0.3) is 10.9 Å². The number of fused-ring (bicyclic) bond motifs is 1. The number of nitrogens with one attached hydrogen (secondary N) is 1. The fourth-order valence-corrected chi connectivity index (χ4v) is 5.29. The average molecular weight is 448 g/mol. The molecule has 5 rings (SSSR count). The van der Waals surface area contributed by atoms with Gasteiger partial charge in [0.05, 0.1) is 40.7 Å². The van der Waals surface area contributed by atoms with Crippen molar-refractivity contribution in [1.82, 2.24) is 20.4 Å². The number of thioether (sulfide) groups is 1. The van der Waals surface area contributed by atoms with Gasteiger partial charge in [0.2, 0.25) is 5.91 Å². The number of carbonyl (C=O) groups is 2. The Morgan fingerprint density at radius 1 is 1.34 bits per heavy atom. The smallest absolute Gasteiger partial charge is 0.252 e. The van der Waals surface area contributed by atoms with E-state index in [4.69, 9.17) is 4.52 Å². The van der Waals surface area contributed by atoms with Gasteiger partial charge in [-0.05, 0) is 43.5 Å². The number of hydrogen-bond acceptors (Lipinski definition) is 7. The average Bonchev–Trinajstić information content (AvgIpc) is 3.26. The Bertz CT molecular complexity index is 1260. The van der Waals surface area contributed by atoms with E-state index < -0.39 is 6.04 Å². The summed E-state index contributed by atoms with van der Waals surface area (Å²) in [6.45, 7) is 1.75. The second kappa shape index (κ2) is 7.95. The summed E-state index contributed by atoms with van der Waals surface area (Å²) in [4.78, 5) is 31.4. The molecule has 32 heavy (non-hydrogen) atoms. The molecule has 1 atom stereocenters. The van der Waals surface area contributed by atoms with E-state index in [9.17, 15) is 14.9 Å². The summed E-state index contributed by atoms with van der Waals surface area (Å²) < 4.78 is 5.56. The maximum atomic E-state index is 13.0. The summed E-state index contributed by atoms with van der Waals surface area (Å²) in [5, 5.41) is 16.7. The first kappa shape index (κ1) is 20.5. The van der Waals surface area contributed by atoms with E-state index >= 15 is 0 Å². The molecule has 2 fully saturated rings. The van der Waals surface area contributed by atoms with Crippen LogP contribution in [-0.4, -0.2) is 51.1 Å². The van der Waals surface area contributed by atoms with Crippen LogP contribution in [0.3, 0.4) is 0 Å². The van der Waals surface area contributed by atoms with Crippen molar-refractivity contribution in [3.05, 3.63) is 59.1 Å². The molecule has 8 nitrogen and oxygen atoms in total. The molecule has 2 aliphatic rings. The van der Waals surface area contributed by atoms with Crippen LogP contribution in [0.15, 0.2) is 41.1 Å². The van der Waals surface area contributed by atoms with Crippen molar-refractivity contribution in [2.75, 3.05) is 18.2 Å². The lowest BCUT2D eigenvalue weighted by molar-refractivity contribution is -0.129. The Hall–Kier alpha value is -3.38. The highest BCUT2D eigenvalue weighted by Gasteiger charge is 2.49. The first-order valence-corrected chi connectivity index (χ1v) is 11.6. The van der Waals surface area contributed by atoms with Crippen molar-refractivity contribution in [2.24, 2.45) is 0 Å². The molecule has 1 unspecified atom stereocenters. The van der Waals surface area contributed by atoms with Crippen molar-refractivity contribution >= 4 is 34.5 Å². The van der Waals surface area contributed by atoms with Crippen molar-refractivity contribution in [3.63, 3.8) is 0 Å². The number of nitrogens with zero attached hydrogens (tertiary/aromatic N) is 4. The number of nitriles is 1. The summed E-state index contributed by atoms with van der Waals surface area (Å²) in [7, 11) is 0. The molecule has 3 aromatic rings. The summed E-state index contributed by atoms with van der Waals surface area (Å²) >= 11 is 1.53. The maximum absolute atomic E-state index is 13.0. The molecule has 1 aliphatic heterocycles. The third-order valence-electron chi connectivity index (χ3n) is 6.14. The normalized spacial score (nSPS) is 19.0. The van der Waals surface area contributed by atoms with Gasteiger partial charge in [-0.25, -0.2) is 0 Å². The predicted molar refractivity (Wildman–Crippen MR) is 119 cm³/mol. The van der Waals surface area contributed by atoms with E-state index in [0.717, 1.165) is 35.2 Å². The maximum Gasteiger partial charge on any atom is 0.252 e. The molecule has 162 valence electrons. The molecular weight excluding hydrogens is 426 g/mol. The fourth-order valence-electron chi connectivity index (χ4n) is 4.18. The molecule has 2 amide bonds. The van der Waals surface area contributed by atoms with Gasteiger partial charge in [-0.3, -0.25) is 14.6 Å². The molecule has 1 saturated heterocycles. The van der Waals surface area contributed by atoms with Crippen molar-refractivity contribution in [1.29, 1.82) is 5.26 Å².